The van der Waals surface area contributed by atoms with Gasteiger partial charge in [-0.05, 0) is 42.9 Å². The second kappa shape index (κ2) is 8.03. The number of nitrogens with zero attached hydrogens (tertiary/aromatic N) is 3. The Morgan fingerprint density at radius 1 is 1.03 bits per heavy atom. The van der Waals surface area contributed by atoms with Gasteiger partial charge in [0.15, 0.2) is 0 Å². The molecule has 6 heteroatoms. The lowest BCUT2D eigenvalue weighted by molar-refractivity contribution is -0.143. The number of piperidine rings is 1. The summed E-state index contributed by atoms with van der Waals surface area (Å²) in [6, 6.07) is 6.75. The monoisotopic (exact) mass is 417 g/mol. The van der Waals surface area contributed by atoms with Crippen LogP contribution >= 0.6 is 11.9 Å². The van der Waals surface area contributed by atoms with E-state index in [0.29, 0.717) is 0 Å². The van der Waals surface area contributed by atoms with Crippen LogP contribution in [-0.4, -0.2) is 66.2 Å². The first-order valence-corrected chi connectivity index (χ1v) is 12.1. The maximum absolute atomic E-state index is 12.6. The summed E-state index contributed by atoms with van der Waals surface area (Å²) >= 11 is 1.84. The molecule has 0 saturated carbocycles. The van der Waals surface area contributed by atoms with E-state index < -0.39 is 0 Å². The number of aryl methyl sites for hydroxylation is 1. The van der Waals surface area contributed by atoms with Crippen LogP contribution in [0.15, 0.2) is 18.2 Å². The smallest absolute Gasteiger partial charge is 0.227 e. The number of carbonyl (C=O) groups is 1. The minimum absolute atomic E-state index is 0.0901. The van der Waals surface area contributed by atoms with Gasteiger partial charge in [-0.2, -0.15) is 0 Å². The van der Waals surface area contributed by atoms with E-state index in [0.717, 1.165) is 70.7 Å². The quantitative estimate of drug-likeness (QED) is 0.684. The van der Waals surface area contributed by atoms with Crippen LogP contribution in [0.3, 0.4) is 0 Å². The SMILES string of the molecule is CSN1CCN(c2ccc3c(c2)CCC2(CCN(C(=O)C(C)(C)C)CC2)O3)CC1. The van der Waals surface area contributed by atoms with Gasteiger partial charge in [0.1, 0.15) is 11.4 Å². The van der Waals surface area contributed by atoms with Crippen molar-refractivity contribution < 1.29 is 9.53 Å². The van der Waals surface area contributed by atoms with Crippen LogP contribution in [0.25, 0.3) is 0 Å². The molecule has 160 valence electrons. The first kappa shape index (κ1) is 20.9. The van der Waals surface area contributed by atoms with Gasteiger partial charge in [-0.15, -0.1) is 0 Å². The Balaban J connectivity index is 1.39. The molecule has 0 radical (unpaired) electrons. The molecule has 1 aromatic rings. The molecule has 2 fully saturated rings. The second-order valence-corrected chi connectivity index (χ2v) is 10.6. The summed E-state index contributed by atoms with van der Waals surface area (Å²) in [5.41, 5.74) is 2.28. The lowest BCUT2D eigenvalue weighted by Crippen LogP contribution is -2.53. The molecule has 0 atom stereocenters. The topological polar surface area (TPSA) is 36.0 Å². The van der Waals surface area contributed by atoms with Crippen LogP contribution in [0.1, 0.15) is 45.6 Å². The van der Waals surface area contributed by atoms with E-state index in [1.54, 1.807) is 0 Å². The number of hydrogen-bond donors (Lipinski definition) is 0. The maximum atomic E-state index is 12.6. The minimum atomic E-state index is -0.303. The van der Waals surface area contributed by atoms with E-state index >= 15 is 0 Å². The van der Waals surface area contributed by atoms with Crippen molar-refractivity contribution in [1.29, 1.82) is 0 Å². The van der Waals surface area contributed by atoms with E-state index in [1.807, 2.05) is 37.6 Å². The molecule has 1 aromatic carbocycles. The number of rotatable bonds is 2. The van der Waals surface area contributed by atoms with Crippen molar-refractivity contribution in [3.05, 3.63) is 23.8 Å². The average Bonchev–Trinajstić information content (AvgIpc) is 2.73. The van der Waals surface area contributed by atoms with Crippen molar-refractivity contribution in [3.63, 3.8) is 0 Å². The number of anilines is 1. The van der Waals surface area contributed by atoms with Crippen LogP contribution < -0.4 is 9.64 Å². The summed E-state index contributed by atoms with van der Waals surface area (Å²) in [6.07, 6.45) is 6.16. The largest absolute Gasteiger partial charge is 0.487 e. The molecule has 0 unspecified atom stereocenters. The van der Waals surface area contributed by atoms with Crippen molar-refractivity contribution in [2.45, 2.75) is 52.1 Å². The van der Waals surface area contributed by atoms with Crippen LogP contribution in [0, 0.1) is 5.41 Å². The minimum Gasteiger partial charge on any atom is -0.487 e. The zero-order valence-corrected chi connectivity index (χ0v) is 19.2. The number of benzene rings is 1. The molecule has 5 nitrogen and oxygen atoms in total. The first-order chi connectivity index (χ1) is 13.8. The second-order valence-electron chi connectivity index (χ2n) is 9.72. The van der Waals surface area contributed by atoms with Crippen LogP contribution in [-0.2, 0) is 11.2 Å². The van der Waals surface area contributed by atoms with Crippen LogP contribution in [0.5, 0.6) is 5.75 Å². The van der Waals surface area contributed by atoms with Gasteiger partial charge in [0.25, 0.3) is 0 Å². The first-order valence-electron chi connectivity index (χ1n) is 11.0. The number of fused-ring (bicyclic) bond motifs is 1. The van der Waals surface area contributed by atoms with Crippen molar-refractivity contribution in [2.75, 3.05) is 50.4 Å². The summed E-state index contributed by atoms with van der Waals surface area (Å²) in [5, 5.41) is 0. The van der Waals surface area contributed by atoms with Gasteiger partial charge in [-0.1, -0.05) is 32.7 Å². The van der Waals surface area contributed by atoms with Gasteiger partial charge in [0.2, 0.25) is 5.91 Å². The van der Waals surface area contributed by atoms with E-state index in [1.165, 1.54) is 11.3 Å². The van der Waals surface area contributed by atoms with Crippen LogP contribution in [0.2, 0.25) is 0 Å². The Kier molecular flexibility index (Phi) is 5.77. The molecule has 1 amide bonds. The Labute approximate surface area is 179 Å². The van der Waals surface area contributed by atoms with Gasteiger partial charge in [0.05, 0.1) is 0 Å². The van der Waals surface area contributed by atoms with E-state index in [4.69, 9.17) is 4.74 Å². The number of carbonyl (C=O) groups excluding carboxylic acids is 1. The van der Waals surface area contributed by atoms with Gasteiger partial charge < -0.3 is 14.5 Å². The molecule has 0 aliphatic carbocycles. The number of ether oxygens (including phenoxy) is 1. The molecular weight excluding hydrogens is 382 g/mol. The Hall–Kier alpha value is -1.40. The van der Waals surface area contributed by atoms with Gasteiger partial charge in [-0.25, -0.2) is 4.31 Å². The third-order valence-corrected chi connectivity index (χ3v) is 7.57. The third-order valence-electron chi connectivity index (χ3n) is 6.69. The molecule has 0 N–H and O–H groups in total. The highest BCUT2D eigenvalue weighted by Crippen LogP contribution is 2.41. The normalized spacial score (nSPS) is 22.3. The molecule has 3 aliphatic heterocycles. The summed E-state index contributed by atoms with van der Waals surface area (Å²) in [4.78, 5) is 17.1. The zero-order chi connectivity index (χ0) is 20.6. The molecule has 0 bridgehead atoms. The van der Waals surface area contributed by atoms with Gasteiger partial charge in [0, 0.05) is 63.2 Å². The Bertz CT molecular complexity index is 745. The van der Waals surface area contributed by atoms with Crippen molar-refractivity contribution in [1.82, 2.24) is 9.21 Å². The van der Waals surface area contributed by atoms with Crippen LogP contribution in [0.4, 0.5) is 5.69 Å². The molecule has 2 saturated heterocycles. The molecule has 3 heterocycles. The molecular formula is C23H35N3O2S. The fraction of sp³-hybridized carbons (Fsp3) is 0.696. The number of piperazine rings is 1. The molecule has 3 aliphatic rings. The Morgan fingerprint density at radius 3 is 2.34 bits per heavy atom. The highest BCUT2D eigenvalue weighted by Gasteiger charge is 2.41. The molecule has 4 rings (SSSR count). The van der Waals surface area contributed by atoms with Crippen molar-refractivity contribution >= 4 is 23.5 Å². The summed E-state index contributed by atoms with van der Waals surface area (Å²) in [7, 11) is 0. The summed E-state index contributed by atoms with van der Waals surface area (Å²) in [5.74, 6) is 1.31. The molecule has 1 spiro atoms. The summed E-state index contributed by atoms with van der Waals surface area (Å²) < 4.78 is 9.01. The van der Waals surface area contributed by atoms with E-state index in [-0.39, 0.29) is 16.9 Å². The lowest BCUT2D eigenvalue weighted by atomic mass is 9.82. The Morgan fingerprint density at radius 2 is 1.72 bits per heavy atom. The number of hydrogen-bond acceptors (Lipinski definition) is 5. The average molecular weight is 418 g/mol. The highest BCUT2D eigenvalue weighted by atomic mass is 32.2. The van der Waals surface area contributed by atoms with Crippen molar-refractivity contribution in [2.24, 2.45) is 5.41 Å². The molecule has 0 aromatic heterocycles. The standard InChI is InChI=1S/C23H35N3O2S/c1-22(2,3)21(27)25-11-9-23(10-12-25)8-7-18-17-19(5-6-20(18)28-23)24-13-15-26(29-4)16-14-24/h5-6,17H,7-16H2,1-4H3. The third kappa shape index (κ3) is 4.38. The van der Waals surface area contributed by atoms with E-state index in [9.17, 15) is 4.79 Å². The van der Waals surface area contributed by atoms with Crippen molar-refractivity contribution in [3.8, 4) is 5.75 Å². The molecule has 29 heavy (non-hydrogen) atoms. The zero-order valence-electron chi connectivity index (χ0n) is 18.4. The predicted molar refractivity (Wildman–Crippen MR) is 121 cm³/mol. The number of likely N-dealkylation sites (tertiary alicyclic amines) is 1. The lowest BCUT2D eigenvalue weighted by Gasteiger charge is -2.45. The van der Waals surface area contributed by atoms with Gasteiger partial charge >= 0.3 is 0 Å². The van der Waals surface area contributed by atoms with E-state index in [2.05, 4.69) is 33.7 Å². The maximum Gasteiger partial charge on any atom is 0.227 e. The highest BCUT2D eigenvalue weighted by molar-refractivity contribution is 7.96. The fourth-order valence-corrected chi connectivity index (χ4v) is 5.31. The number of amides is 1. The summed E-state index contributed by atoms with van der Waals surface area (Å²) in [6.45, 7) is 12.0. The predicted octanol–water partition coefficient (Wildman–Crippen LogP) is 3.82. The van der Waals surface area contributed by atoms with Gasteiger partial charge in [-0.3, -0.25) is 4.79 Å². The fourth-order valence-electron chi connectivity index (χ4n) is 4.78.